The molecule has 0 radical (unpaired) electrons. The van der Waals surface area contributed by atoms with Crippen molar-refractivity contribution in [2.24, 2.45) is 0 Å². The van der Waals surface area contributed by atoms with Crippen molar-refractivity contribution in [3.05, 3.63) is 72.6 Å². The molecule has 0 unspecified atom stereocenters. The fourth-order valence-corrected chi connectivity index (χ4v) is 3.55. The van der Waals surface area contributed by atoms with E-state index >= 15 is 0 Å². The lowest BCUT2D eigenvalue weighted by Gasteiger charge is -2.12. The fourth-order valence-electron chi connectivity index (χ4n) is 3.55. The van der Waals surface area contributed by atoms with Crippen LogP contribution in [0.3, 0.4) is 0 Å². The Kier molecular flexibility index (Phi) is 3.44. The summed E-state index contributed by atoms with van der Waals surface area (Å²) in [5.41, 5.74) is 2.31. The molecule has 1 saturated carbocycles. The van der Waals surface area contributed by atoms with Crippen molar-refractivity contribution < 1.29 is 4.74 Å². The van der Waals surface area contributed by atoms with E-state index in [9.17, 15) is 0 Å². The van der Waals surface area contributed by atoms with Crippen LogP contribution in [0.4, 0.5) is 0 Å². The first-order chi connectivity index (χ1) is 12.4. The molecule has 0 bridgehead atoms. The molecule has 0 saturated heterocycles. The van der Waals surface area contributed by atoms with Gasteiger partial charge in [-0.2, -0.15) is 0 Å². The predicted octanol–water partition coefficient (Wildman–Crippen LogP) is 5.15. The minimum atomic E-state index is 0.630. The van der Waals surface area contributed by atoms with Crippen LogP contribution in [0, 0.1) is 0 Å². The van der Waals surface area contributed by atoms with Gasteiger partial charge in [-0.15, -0.1) is 0 Å². The molecule has 3 heteroatoms. The second-order valence-electron chi connectivity index (χ2n) is 6.71. The Bertz CT molecular complexity index is 1040. The molecule has 5 rings (SSSR count). The Morgan fingerprint density at radius 3 is 2.64 bits per heavy atom. The lowest BCUT2D eigenvalue weighted by atomic mass is 10.1. The second-order valence-corrected chi connectivity index (χ2v) is 6.71. The molecule has 3 aromatic carbocycles. The highest BCUT2D eigenvalue weighted by Gasteiger charge is 2.29. The van der Waals surface area contributed by atoms with Crippen LogP contribution in [-0.4, -0.2) is 16.2 Å². The van der Waals surface area contributed by atoms with Gasteiger partial charge >= 0.3 is 0 Å². The van der Waals surface area contributed by atoms with Gasteiger partial charge in [-0.3, -0.25) is 0 Å². The second kappa shape index (κ2) is 5.92. The Labute approximate surface area is 146 Å². The first-order valence-corrected chi connectivity index (χ1v) is 8.96. The van der Waals surface area contributed by atoms with Crippen LogP contribution in [-0.2, 0) is 6.54 Å². The first-order valence-electron chi connectivity index (χ1n) is 8.96. The molecule has 1 aliphatic rings. The minimum Gasteiger partial charge on any atom is -0.491 e. The molecular formula is C22H20N2O. The third kappa shape index (κ3) is 2.66. The van der Waals surface area contributed by atoms with Crippen molar-refractivity contribution in [1.29, 1.82) is 0 Å². The maximum Gasteiger partial charge on any atom is 0.127 e. The molecule has 3 nitrogen and oxygen atoms in total. The fraction of sp³-hybridized carbons (Fsp3) is 0.227. The highest BCUT2D eigenvalue weighted by Crippen LogP contribution is 2.40. The summed E-state index contributed by atoms with van der Waals surface area (Å²) in [6.07, 6.45) is 2.51. The lowest BCUT2D eigenvalue weighted by molar-refractivity contribution is 0.301. The van der Waals surface area contributed by atoms with Crippen LogP contribution in [0.5, 0.6) is 5.75 Å². The predicted molar refractivity (Wildman–Crippen MR) is 101 cm³/mol. The molecular weight excluding hydrogens is 308 g/mol. The van der Waals surface area contributed by atoms with Crippen molar-refractivity contribution in [2.75, 3.05) is 6.61 Å². The molecule has 0 aliphatic heterocycles. The van der Waals surface area contributed by atoms with Crippen molar-refractivity contribution in [3.8, 4) is 5.75 Å². The number of fused-ring (bicyclic) bond motifs is 2. The van der Waals surface area contributed by atoms with Gasteiger partial charge in [-0.05, 0) is 36.4 Å². The summed E-state index contributed by atoms with van der Waals surface area (Å²) in [6, 6.07) is 23.0. The largest absolute Gasteiger partial charge is 0.491 e. The molecule has 0 spiro atoms. The number of hydrogen-bond donors (Lipinski definition) is 0. The molecule has 124 valence electrons. The number of aromatic nitrogens is 2. The van der Waals surface area contributed by atoms with Crippen molar-refractivity contribution in [3.63, 3.8) is 0 Å². The van der Waals surface area contributed by atoms with E-state index in [0.29, 0.717) is 12.5 Å². The van der Waals surface area contributed by atoms with E-state index < -0.39 is 0 Å². The average molecular weight is 328 g/mol. The third-order valence-electron chi connectivity index (χ3n) is 4.95. The van der Waals surface area contributed by atoms with Crippen molar-refractivity contribution >= 4 is 21.8 Å². The van der Waals surface area contributed by atoms with E-state index in [1.807, 2.05) is 0 Å². The van der Waals surface area contributed by atoms with E-state index in [4.69, 9.17) is 9.72 Å². The van der Waals surface area contributed by atoms with Crippen LogP contribution in [0.1, 0.15) is 24.6 Å². The number of rotatable bonds is 5. The summed E-state index contributed by atoms with van der Waals surface area (Å²) < 4.78 is 8.49. The van der Waals surface area contributed by atoms with E-state index in [1.165, 1.54) is 35.0 Å². The summed E-state index contributed by atoms with van der Waals surface area (Å²) >= 11 is 0. The third-order valence-corrected chi connectivity index (χ3v) is 4.95. The summed E-state index contributed by atoms with van der Waals surface area (Å²) in [5, 5.41) is 2.38. The number of imidazole rings is 1. The standard InChI is InChI=1S/C22H20N2O/c1-2-8-18-16(6-1)7-5-11-21(18)25-15-14-24-20-10-4-3-9-19(20)23-22(24)17-12-13-17/h1-11,17H,12-15H2. The Morgan fingerprint density at radius 1 is 0.920 bits per heavy atom. The van der Waals surface area contributed by atoms with Crippen molar-refractivity contribution in [2.45, 2.75) is 25.3 Å². The average Bonchev–Trinajstić information content (AvgIpc) is 3.44. The number of ether oxygens (including phenoxy) is 1. The monoisotopic (exact) mass is 328 g/mol. The van der Waals surface area contributed by atoms with E-state index in [2.05, 4.69) is 71.3 Å². The van der Waals surface area contributed by atoms with Crippen LogP contribution >= 0.6 is 0 Å². The van der Waals surface area contributed by atoms with Gasteiger partial charge in [0.15, 0.2) is 0 Å². The Morgan fingerprint density at radius 2 is 1.72 bits per heavy atom. The molecule has 1 fully saturated rings. The van der Waals surface area contributed by atoms with Crippen LogP contribution in [0.15, 0.2) is 66.7 Å². The van der Waals surface area contributed by atoms with Gasteiger partial charge in [0, 0.05) is 11.3 Å². The van der Waals surface area contributed by atoms with Gasteiger partial charge in [-0.25, -0.2) is 4.98 Å². The maximum atomic E-state index is 6.15. The Hall–Kier alpha value is -2.81. The number of benzene rings is 3. The normalized spacial score (nSPS) is 14.2. The maximum absolute atomic E-state index is 6.15. The molecule has 0 amide bonds. The zero-order valence-corrected chi connectivity index (χ0v) is 14.1. The van der Waals surface area contributed by atoms with Crippen LogP contribution in [0.2, 0.25) is 0 Å². The number of nitrogens with zero attached hydrogens (tertiary/aromatic N) is 2. The Balaban J connectivity index is 1.41. The number of hydrogen-bond acceptors (Lipinski definition) is 2. The molecule has 1 heterocycles. The van der Waals surface area contributed by atoms with Gasteiger partial charge in [0.25, 0.3) is 0 Å². The smallest absolute Gasteiger partial charge is 0.127 e. The summed E-state index contributed by atoms with van der Waals surface area (Å²) in [7, 11) is 0. The van der Waals surface area contributed by atoms with Crippen molar-refractivity contribution in [1.82, 2.24) is 9.55 Å². The molecule has 4 aromatic rings. The highest BCUT2D eigenvalue weighted by atomic mass is 16.5. The van der Waals surface area contributed by atoms with Gasteiger partial charge in [0.2, 0.25) is 0 Å². The van der Waals surface area contributed by atoms with Gasteiger partial charge in [-0.1, -0.05) is 48.5 Å². The SMILES string of the molecule is c1ccc2c(OCCn3c(C4CC4)nc4ccccc43)cccc2c1. The molecule has 1 aliphatic carbocycles. The summed E-state index contributed by atoms with van der Waals surface area (Å²) in [6.45, 7) is 1.48. The van der Waals surface area contributed by atoms with Crippen LogP contribution < -0.4 is 4.74 Å². The topological polar surface area (TPSA) is 27.1 Å². The molecule has 1 aromatic heterocycles. The summed E-state index contributed by atoms with van der Waals surface area (Å²) in [4.78, 5) is 4.86. The van der Waals surface area contributed by atoms with Gasteiger partial charge in [0.05, 0.1) is 17.6 Å². The van der Waals surface area contributed by atoms with Crippen LogP contribution in [0.25, 0.3) is 21.8 Å². The molecule has 25 heavy (non-hydrogen) atoms. The van der Waals surface area contributed by atoms with E-state index in [0.717, 1.165) is 17.8 Å². The van der Waals surface area contributed by atoms with E-state index in [1.54, 1.807) is 0 Å². The highest BCUT2D eigenvalue weighted by molar-refractivity contribution is 5.88. The quantitative estimate of drug-likeness (QED) is 0.507. The lowest BCUT2D eigenvalue weighted by Crippen LogP contribution is -2.11. The zero-order chi connectivity index (χ0) is 16.6. The molecule has 0 atom stereocenters. The minimum absolute atomic E-state index is 0.630. The summed E-state index contributed by atoms with van der Waals surface area (Å²) in [5.74, 6) is 2.81. The first kappa shape index (κ1) is 14.5. The van der Waals surface area contributed by atoms with E-state index in [-0.39, 0.29) is 0 Å². The molecule has 0 N–H and O–H groups in total. The van der Waals surface area contributed by atoms with Gasteiger partial charge < -0.3 is 9.30 Å². The number of para-hydroxylation sites is 2. The zero-order valence-electron chi connectivity index (χ0n) is 14.1. The van der Waals surface area contributed by atoms with Gasteiger partial charge in [0.1, 0.15) is 18.2 Å².